The molecule has 23 heavy (non-hydrogen) atoms. The molecule has 0 heterocycles. The summed E-state index contributed by atoms with van der Waals surface area (Å²) in [5.41, 5.74) is 2.07. The number of nitrogens with zero attached hydrogens (tertiary/aromatic N) is 1. The summed E-state index contributed by atoms with van der Waals surface area (Å²) in [7, 11) is 0. The fourth-order valence-electron chi connectivity index (χ4n) is 2.28. The SMILES string of the molecule is CCCN(CCNC(C)c1ccc(C)cc1)C(=O)OC(C)(C)C. The first-order valence-corrected chi connectivity index (χ1v) is 8.51. The zero-order valence-electron chi connectivity index (χ0n) is 15.5. The molecule has 0 bridgehead atoms. The van der Waals surface area contributed by atoms with Crippen molar-refractivity contribution in [1.29, 1.82) is 0 Å². The number of benzene rings is 1. The molecule has 0 aliphatic heterocycles. The third-order valence-corrected chi connectivity index (χ3v) is 3.55. The predicted molar refractivity (Wildman–Crippen MR) is 95.7 cm³/mol. The van der Waals surface area contributed by atoms with Crippen LogP contribution < -0.4 is 5.32 Å². The molecule has 0 aliphatic carbocycles. The van der Waals surface area contributed by atoms with Crippen molar-refractivity contribution >= 4 is 6.09 Å². The number of nitrogens with one attached hydrogen (secondary N) is 1. The Morgan fingerprint density at radius 3 is 2.35 bits per heavy atom. The van der Waals surface area contributed by atoms with E-state index in [-0.39, 0.29) is 12.1 Å². The molecule has 1 amide bonds. The number of rotatable bonds is 7. The minimum Gasteiger partial charge on any atom is -0.444 e. The monoisotopic (exact) mass is 320 g/mol. The van der Waals surface area contributed by atoms with Crippen LogP contribution in [-0.2, 0) is 4.74 Å². The highest BCUT2D eigenvalue weighted by atomic mass is 16.6. The lowest BCUT2D eigenvalue weighted by Gasteiger charge is -2.27. The molecule has 1 atom stereocenters. The molecule has 0 aromatic heterocycles. The molecule has 1 unspecified atom stereocenters. The number of ether oxygens (including phenoxy) is 1. The van der Waals surface area contributed by atoms with Gasteiger partial charge in [0.25, 0.3) is 0 Å². The second-order valence-electron chi connectivity index (χ2n) is 7.05. The summed E-state index contributed by atoms with van der Waals surface area (Å²) in [5, 5.41) is 3.48. The molecule has 0 spiro atoms. The van der Waals surface area contributed by atoms with E-state index in [0.29, 0.717) is 6.54 Å². The van der Waals surface area contributed by atoms with E-state index in [9.17, 15) is 4.79 Å². The second-order valence-corrected chi connectivity index (χ2v) is 7.05. The predicted octanol–water partition coefficient (Wildman–Crippen LogP) is 4.29. The zero-order chi connectivity index (χ0) is 17.5. The number of hydrogen-bond acceptors (Lipinski definition) is 3. The molecular formula is C19H32N2O2. The number of aryl methyl sites for hydroxylation is 1. The maximum atomic E-state index is 12.2. The first kappa shape index (κ1) is 19.5. The average Bonchev–Trinajstić information content (AvgIpc) is 2.45. The van der Waals surface area contributed by atoms with E-state index in [1.54, 1.807) is 4.90 Å². The molecule has 1 aromatic carbocycles. The number of carbonyl (C=O) groups excluding carboxylic acids is 1. The van der Waals surface area contributed by atoms with E-state index >= 15 is 0 Å². The lowest BCUT2D eigenvalue weighted by Crippen LogP contribution is -2.41. The quantitative estimate of drug-likeness (QED) is 0.814. The minimum absolute atomic E-state index is 0.232. The topological polar surface area (TPSA) is 41.6 Å². The Morgan fingerprint density at radius 2 is 1.83 bits per heavy atom. The molecule has 0 saturated carbocycles. The Bertz CT molecular complexity index is 477. The van der Waals surface area contributed by atoms with Crippen LogP contribution in [0.5, 0.6) is 0 Å². The van der Waals surface area contributed by atoms with Crippen molar-refractivity contribution in [2.45, 2.75) is 59.6 Å². The molecule has 1 rings (SSSR count). The Labute approximate surface area is 141 Å². The number of amides is 1. The lowest BCUT2D eigenvalue weighted by atomic mass is 10.1. The Balaban J connectivity index is 2.48. The zero-order valence-corrected chi connectivity index (χ0v) is 15.5. The average molecular weight is 320 g/mol. The largest absolute Gasteiger partial charge is 0.444 e. The molecule has 0 saturated heterocycles. The van der Waals surface area contributed by atoms with E-state index in [1.165, 1.54) is 11.1 Å². The van der Waals surface area contributed by atoms with Gasteiger partial charge in [0.2, 0.25) is 0 Å². The minimum atomic E-state index is -0.453. The van der Waals surface area contributed by atoms with Crippen LogP contribution in [0.25, 0.3) is 0 Å². The summed E-state index contributed by atoms with van der Waals surface area (Å²) in [6.45, 7) is 14.1. The second kappa shape index (κ2) is 8.92. The van der Waals surface area contributed by atoms with Crippen molar-refractivity contribution in [3.8, 4) is 0 Å². The van der Waals surface area contributed by atoms with Gasteiger partial charge >= 0.3 is 6.09 Å². The summed E-state index contributed by atoms with van der Waals surface area (Å²) in [4.78, 5) is 14.0. The smallest absolute Gasteiger partial charge is 0.410 e. The highest BCUT2D eigenvalue weighted by molar-refractivity contribution is 5.68. The van der Waals surface area contributed by atoms with Crippen LogP contribution in [-0.4, -0.2) is 36.2 Å². The van der Waals surface area contributed by atoms with Gasteiger partial charge in [0.15, 0.2) is 0 Å². The van der Waals surface area contributed by atoms with Gasteiger partial charge in [-0.25, -0.2) is 4.79 Å². The summed E-state index contributed by atoms with van der Waals surface area (Å²) in [5.74, 6) is 0. The van der Waals surface area contributed by atoms with Gasteiger partial charge in [0, 0.05) is 25.7 Å². The molecule has 130 valence electrons. The molecule has 1 aromatic rings. The molecule has 1 N–H and O–H groups in total. The van der Waals surface area contributed by atoms with E-state index in [4.69, 9.17) is 4.74 Å². The van der Waals surface area contributed by atoms with Gasteiger partial charge < -0.3 is 15.0 Å². The maximum Gasteiger partial charge on any atom is 0.410 e. The van der Waals surface area contributed by atoms with Crippen LogP contribution in [0.3, 0.4) is 0 Å². The molecular weight excluding hydrogens is 288 g/mol. The van der Waals surface area contributed by atoms with Gasteiger partial charge in [-0.05, 0) is 46.6 Å². The summed E-state index contributed by atoms with van der Waals surface area (Å²) < 4.78 is 5.47. The molecule has 0 radical (unpaired) electrons. The fourth-order valence-corrected chi connectivity index (χ4v) is 2.28. The van der Waals surface area contributed by atoms with Crippen molar-refractivity contribution in [2.24, 2.45) is 0 Å². The lowest BCUT2D eigenvalue weighted by molar-refractivity contribution is 0.0251. The maximum absolute atomic E-state index is 12.2. The first-order chi connectivity index (χ1) is 10.7. The standard InChI is InChI=1S/C19H32N2O2/c1-7-13-21(18(22)23-19(4,5)6)14-12-20-16(3)17-10-8-15(2)9-11-17/h8-11,16,20H,7,12-14H2,1-6H3. The van der Waals surface area contributed by atoms with Gasteiger partial charge in [0.05, 0.1) is 0 Å². The van der Waals surface area contributed by atoms with E-state index < -0.39 is 5.60 Å². The van der Waals surface area contributed by atoms with Crippen LogP contribution >= 0.6 is 0 Å². The number of carbonyl (C=O) groups is 1. The molecule has 4 heteroatoms. The van der Waals surface area contributed by atoms with Crippen LogP contribution in [0.2, 0.25) is 0 Å². The van der Waals surface area contributed by atoms with Crippen LogP contribution in [0.4, 0.5) is 4.79 Å². The van der Waals surface area contributed by atoms with Crippen LogP contribution in [0, 0.1) is 6.92 Å². The van der Waals surface area contributed by atoms with Gasteiger partial charge in [-0.15, -0.1) is 0 Å². The fraction of sp³-hybridized carbons (Fsp3) is 0.632. The van der Waals surface area contributed by atoms with E-state index in [2.05, 4.69) is 50.4 Å². The molecule has 0 fully saturated rings. The summed E-state index contributed by atoms with van der Waals surface area (Å²) >= 11 is 0. The van der Waals surface area contributed by atoms with E-state index in [0.717, 1.165) is 19.5 Å². The Morgan fingerprint density at radius 1 is 1.22 bits per heavy atom. The Hall–Kier alpha value is -1.55. The van der Waals surface area contributed by atoms with Crippen LogP contribution in [0.15, 0.2) is 24.3 Å². The van der Waals surface area contributed by atoms with Crippen molar-refractivity contribution < 1.29 is 9.53 Å². The van der Waals surface area contributed by atoms with Gasteiger partial charge in [0.1, 0.15) is 5.60 Å². The third-order valence-electron chi connectivity index (χ3n) is 3.55. The van der Waals surface area contributed by atoms with Crippen LogP contribution in [0.1, 0.15) is 58.2 Å². The van der Waals surface area contributed by atoms with Gasteiger partial charge in [-0.2, -0.15) is 0 Å². The van der Waals surface area contributed by atoms with Crippen molar-refractivity contribution in [1.82, 2.24) is 10.2 Å². The van der Waals surface area contributed by atoms with Crippen molar-refractivity contribution in [2.75, 3.05) is 19.6 Å². The van der Waals surface area contributed by atoms with Gasteiger partial charge in [-0.3, -0.25) is 0 Å². The third kappa shape index (κ3) is 7.51. The highest BCUT2D eigenvalue weighted by Crippen LogP contribution is 2.13. The number of hydrogen-bond donors (Lipinski definition) is 1. The first-order valence-electron chi connectivity index (χ1n) is 8.51. The highest BCUT2D eigenvalue weighted by Gasteiger charge is 2.21. The van der Waals surface area contributed by atoms with Crippen molar-refractivity contribution in [3.05, 3.63) is 35.4 Å². The van der Waals surface area contributed by atoms with Gasteiger partial charge in [-0.1, -0.05) is 36.8 Å². The Kier molecular flexibility index (Phi) is 7.56. The molecule has 0 aliphatic rings. The van der Waals surface area contributed by atoms with E-state index in [1.807, 2.05) is 20.8 Å². The summed E-state index contributed by atoms with van der Waals surface area (Å²) in [6, 6.07) is 8.79. The normalized spacial score (nSPS) is 12.8. The summed E-state index contributed by atoms with van der Waals surface area (Å²) in [6.07, 6.45) is 0.691. The van der Waals surface area contributed by atoms with Crippen molar-refractivity contribution in [3.63, 3.8) is 0 Å². The molecule has 4 nitrogen and oxygen atoms in total.